The minimum Gasteiger partial charge on any atom is -0.396 e. The number of para-hydroxylation sites is 1. The Morgan fingerprint density at radius 3 is 2.54 bits per heavy atom. The minimum absolute atomic E-state index is 0.201. The van der Waals surface area contributed by atoms with Crippen molar-refractivity contribution in [3.05, 3.63) is 29.8 Å². The van der Waals surface area contributed by atoms with Gasteiger partial charge in [-0.15, -0.1) is 0 Å². The number of hydrogen-bond acceptors (Lipinski definition) is 3. The number of piperidine rings is 1. The molecule has 1 aromatic carbocycles. The van der Waals surface area contributed by atoms with Gasteiger partial charge in [0, 0.05) is 19.7 Å². The van der Waals surface area contributed by atoms with E-state index < -0.39 is 17.8 Å². The molecule has 0 atom stereocenters. The van der Waals surface area contributed by atoms with Crippen LogP contribution in [0, 0.1) is 5.92 Å². The summed E-state index contributed by atoms with van der Waals surface area (Å²) in [6, 6.07) is 4.22. The lowest BCUT2D eigenvalue weighted by Crippen LogP contribution is -2.41. The summed E-state index contributed by atoms with van der Waals surface area (Å²) in [6.07, 6.45) is -2.68. The van der Waals surface area contributed by atoms with Gasteiger partial charge in [0.15, 0.2) is 0 Å². The molecule has 0 spiro atoms. The van der Waals surface area contributed by atoms with Crippen LogP contribution in [-0.2, 0) is 6.18 Å². The zero-order valence-electron chi connectivity index (χ0n) is 13.3. The Morgan fingerprint density at radius 1 is 1.25 bits per heavy atom. The molecular formula is C16H22F3N3O2. The highest BCUT2D eigenvalue weighted by molar-refractivity contribution is 5.90. The van der Waals surface area contributed by atoms with E-state index in [0.717, 1.165) is 32.0 Å². The first kappa shape index (κ1) is 18.5. The van der Waals surface area contributed by atoms with Crippen molar-refractivity contribution in [2.24, 2.45) is 5.92 Å². The van der Waals surface area contributed by atoms with Gasteiger partial charge in [-0.05, 0) is 44.0 Å². The zero-order chi connectivity index (χ0) is 17.6. The van der Waals surface area contributed by atoms with Crippen molar-refractivity contribution in [1.82, 2.24) is 10.2 Å². The van der Waals surface area contributed by atoms with Gasteiger partial charge in [-0.1, -0.05) is 12.1 Å². The van der Waals surface area contributed by atoms with Crippen LogP contribution in [0.2, 0.25) is 0 Å². The number of carbonyl (C=O) groups is 1. The molecule has 24 heavy (non-hydrogen) atoms. The maximum Gasteiger partial charge on any atom is 0.418 e. The van der Waals surface area contributed by atoms with Crippen molar-refractivity contribution in [2.45, 2.75) is 19.0 Å². The smallest absolute Gasteiger partial charge is 0.396 e. The number of likely N-dealkylation sites (tertiary alicyclic amines) is 1. The fraction of sp³-hybridized carbons (Fsp3) is 0.562. The second-order valence-corrected chi connectivity index (χ2v) is 5.89. The third-order valence-electron chi connectivity index (χ3n) is 4.16. The minimum atomic E-state index is -4.51. The van der Waals surface area contributed by atoms with Gasteiger partial charge < -0.3 is 20.6 Å². The predicted molar refractivity (Wildman–Crippen MR) is 84.7 cm³/mol. The highest BCUT2D eigenvalue weighted by Crippen LogP contribution is 2.34. The molecule has 8 heteroatoms. The number of hydrogen-bond donors (Lipinski definition) is 3. The van der Waals surface area contributed by atoms with Crippen molar-refractivity contribution < 1.29 is 23.1 Å². The predicted octanol–water partition coefficient (Wildman–Crippen LogP) is 2.53. The fourth-order valence-electron chi connectivity index (χ4n) is 2.73. The number of nitrogens with one attached hydrogen (secondary N) is 2. The summed E-state index contributed by atoms with van der Waals surface area (Å²) in [4.78, 5) is 14.0. The number of carbonyl (C=O) groups excluding carboxylic acids is 1. The van der Waals surface area contributed by atoms with Crippen molar-refractivity contribution in [3.63, 3.8) is 0 Å². The highest BCUT2D eigenvalue weighted by atomic mass is 19.4. The first-order valence-electron chi connectivity index (χ1n) is 7.94. The number of rotatable bonds is 5. The summed E-state index contributed by atoms with van der Waals surface area (Å²) in [5.41, 5.74) is -1.13. The van der Waals surface area contributed by atoms with Gasteiger partial charge in [0.1, 0.15) is 0 Å². The molecule has 0 aromatic heterocycles. The van der Waals surface area contributed by atoms with Gasteiger partial charge in [-0.2, -0.15) is 13.2 Å². The Morgan fingerprint density at radius 2 is 1.92 bits per heavy atom. The van der Waals surface area contributed by atoms with E-state index in [9.17, 15) is 18.0 Å². The highest BCUT2D eigenvalue weighted by Gasteiger charge is 2.33. The number of halogens is 3. The van der Waals surface area contributed by atoms with E-state index in [0.29, 0.717) is 19.0 Å². The Kier molecular flexibility index (Phi) is 6.44. The van der Waals surface area contributed by atoms with E-state index in [1.54, 1.807) is 0 Å². The van der Waals surface area contributed by atoms with E-state index >= 15 is 0 Å². The van der Waals surface area contributed by atoms with E-state index in [1.807, 2.05) is 0 Å². The van der Waals surface area contributed by atoms with Gasteiger partial charge in [0.05, 0.1) is 11.3 Å². The summed E-state index contributed by atoms with van der Waals surface area (Å²) >= 11 is 0. The molecule has 0 bridgehead atoms. The summed E-state index contributed by atoms with van der Waals surface area (Å²) in [5.74, 6) is 0.344. The number of nitrogens with zero attached hydrogens (tertiary/aromatic N) is 1. The van der Waals surface area contributed by atoms with Gasteiger partial charge >= 0.3 is 12.2 Å². The molecular weight excluding hydrogens is 323 g/mol. The quantitative estimate of drug-likeness (QED) is 0.768. The molecule has 3 N–H and O–H groups in total. The second kappa shape index (κ2) is 8.34. The lowest BCUT2D eigenvalue weighted by molar-refractivity contribution is -0.136. The molecule has 1 fully saturated rings. The topological polar surface area (TPSA) is 64.6 Å². The normalized spacial score (nSPS) is 16.8. The SMILES string of the molecule is O=C(NCCN1CCC(CO)CC1)Nc1ccccc1C(F)(F)F. The summed E-state index contributed by atoms with van der Waals surface area (Å²) in [5, 5.41) is 13.9. The van der Waals surface area contributed by atoms with Gasteiger partial charge in [0.2, 0.25) is 0 Å². The summed E-state index contributed by atoms with van der Waals surface area (Å²) in [7, 11) is 0. The number of anilines is 1. The van der Waals surface area contributed by atoms with E-state index in [-0.39, 0.29) is 12.3 Å². The van der Waals surface area contributed by atoms with Crippen LogP contribution in [-0.4, -0.2) is 48.8 Å². The van der Waals surface area contributed by atoms with Crippen LogP contribution in [0.4, 0.5) is 23.7 Å². The van der Waals surface area contributed by atoms with Crippen molar-refractivity contribution in [3.8, 4) is 0 Å². The standard InChI is InChI=1S/C16H22F3N3O2/c17-16(18,19)13-3-1-2-4-14(13)21-15(24)20-7-10-22-8-5-12(11-23)6-9-22/h1-4,12,23H,5-11H2,(H2,20,21,24). The Hall–Kier alpha value is -1.80. The molecule has 0 radical (unpaired) electrons. The molecule has 1 saturated heterocycles. The van der Waals surface area contributed by atoms with Crippen LogP contribution in [0.1, 0.15) is 18.4 Å². The molecule has 0 saturated carbocycles. The Labute approximate surface area is 138 Å². The van der Waals surface area contributed by atoms with E-state index in [1.165, 1.54) is 18.2 Å². The lowest BCUT2D eigenvalue weighted by atomic mass is 9.98. The van der Waals surface area contributed by atoms with E-state index in [4.69, 9.17) is 5.11 Å². The Bertz CT molecular complexity index is 544. The molecule has 2 amide bonds. The van der Waals surface area contributed by atoms with Crippen LogP contribution in [0.15, 0.2) is 24.3 Å². The molecule has 134 valence electrons. The van der Waals surface area contributed by atoms with Crippen LogP contribution in [0.5, 0.6) is 0 Å². The first-order valence-corrected chi connectivity index (χ1v) is 7.94. The molecule has 0 aliphatic carbocycles. The van der Waals surface area contributed by atoms with Crippen molar-refractivity contribution in [2.75, 3.05) is 38.1 Å². The zero-order valence-corrected chi connectivity index (χ0v) is 13.3. The van der Waals surface area contributed by atoms with Gasteiger partial charge in [-0.3, -0.25) is 0 Å². The molecule has 2 rings (SSSR count). The van der Waals surface area contributed by atoms with Crippen LogP contribution >= 0.6 is 0 Å². The van der Waals surface area contributed by atoms with Gasteiger partial charge in [-0.25, -0.2) is 4.79 Å². The number of aliphatic hydroxyl groups excluding tert-OH is 1. The number of urea groups is 1. The van der Waals surface area contributed by atoms with Gasteiger partial charge in [0.25, 0.3) is 0 Å². The van der Waals surface area contributed by atoms with Crippen molar-refractivity contribution >= 4 is 11.7 Å². The van der Waals surface area contributed by atoms with Crippen LogP contribution in [0.3, 0.4) is 0 Å². The lowest BCUT2D eigenvalue weighted by Gasteiger charge is -2.30. The number of alkyl halides is 3. The average Bonchev–Trinajstić information content (AvgIpc) is 2.55. The fourth-order valence-corrected chi connectivity index (χ4v) is 2.73. The van der Waals surface area contributed by atoms with Crippen LogP contribution in [0.25, 0.3) is 0 Å². The third kappa shape index (κ3) is 5.38. The van der Waals surface area contributed by atoms with Crippen LogP contribution < -0.4 is 10.6 Å². The third-order valence-corrected chi connectivity index (χ3v) is 4.16. The monoisotopic (exact) mass is 345 g/mol. The summed E-state index contributed by atoms with van der Waals surface area (Å²) < 4.78 is 38.6. The molecule has 1 aliphatic rings. The molecule has 5 nitrogen and oxygen atoms in total. The number of amides is 2. The second-order valence-electron chi connectivity index (χ2n) is 5.89. The number of benzene rings is 1. The van der Waals surface area contributed by atoms with E-state index in [2.05, 4.69) is 15.5 Å². The molecule has 1 aromatic rings. The maximum absolute atomic E-state index is 12.9. The maximum atomic E-state index is 12.9. The Balaban J connectivity index is 1.76. The molecule has 1 aliphatic heterocycles. The van der Waals surface area contributed by atoms with Crippen molar-refractivity contribution in [1.29, 1.82) is 0 Å². The molecule has 1 heterocycles. The number of aliphatic hydroxyl groups is 1. The average molecular weight is 345 g/mol. The largest absolute Gasteiger partial charge is 0.418 e. The molecule has 0 unspecified atom stereocenters. The summed E-state index contributed by atoms with van der Waals surface area (Å²) in [6.45, 7) is 2.89. The first-order chi connectivity index (χ1) is 11.4.